The third-order valence-electron chi connectivity index (χ3n) is 1.97. The van der Waals surface area contributed by atoms with Crippen LogP contribution in [0, 0.1) is 0 Å². The number of primary amides is 1. The van der Waals surface area contributed by atoms with E-state index >= 15 is 0 Å². The second-order valence-corrected chi connectivity index (χ2v) is 3.86. The van der Waals surface area contributed by atoms with Crippen LogP contribution in [0.1, 0.15) is 5.56 Å². The quantitative estimate of drug-likeness (QED) is 0.591. The molecule has 7 heteroatoms. The third kappa shape index (κ3) is 4.79. The molecule has 0 aromatic heterocycles. The van der Waals surface area contributed by atoms with Gasteiger partial charge in [0.1, 0.15) is 10.7 Å². The highest BCUT2D eigenvalue weighted by atomic mass is 32.1. The highest BCUT2D eigenvalue weighted by Gasteiger charge is 2.04. The number of rotatable bonds is 6. The largest absolute Gasteiger partial charge is 0.484 e. The number of thiocarbonyl (C=S) groups is 1. The number of nitrogens with one attached hydrogen (secondary N) is 1. The first-order chi connectivity index (χ1) is 8.49. The molecule has 0 spiro atoms. The number of carbonyl (C=O) groups excluding carboxylic acids is 2. The molecule has 0 fully saturated rings. The summed E-state index contributed by atoms with van der Waals surface area (Å²) in [6, 6.07) is 6.68. The van der Waals surface area contributed by atoms with Gasteiger partial charge in [0.15, 0.2) is 6.61 Å². The fraction of sp³-hybridized carbons (Fsp3) is 0.182. The molecular weight excluding hydrogens is 254 g/mol. The fourth-order valence-electron chi connectivity index (χ4n) is 1.10. The van der Waals surface area contributed by atoms with Gasteiger partial charge in [-0.25, -0.2) is 0 Å². The molecule has 0 bridgehead atoms. The summed E-state index contributed by atoms with van der Waals surface area (Å²) in [6.07, 6.45) is 0. The Morgan fingerprint density at radius 1 is 1.22 bits per heavy atom. The van der Waals surface area contributed by atoms with Gasteiger partial charge < -0.3 is 21.5 Å². The lowest BCUT2D eigenvalue weighted by molar-refractivity contribution is -0.126. The average Bonchev–Trinajstić information content (AvgIpc) is 2.34. The Morgan fingerprint density at radius 2 is 1.83 bits per heavy atom. The van der Waals surface area contributed by atoms with E-state index in [1.54, 1.807) is 24.3 Å². The van der Waals surface area contributed by atoms with Crippen LogP contribution in [-0.4, -0.2) is 30.0 Å². The summed E-state index contributed by atoms with van der Waals surface area (Å²) in [6.45, 7) is -0.401. The van der Waals surface area contributed by atoms with Crippen LogP contribution in [-0.2, 0) is 9.59 Å². The van der Waals surface area contributed by atoms with E-state index in [-0.39, 0.29) is 13.2 Å². The zero-order chi connectivity index (χ0) is 13.5. The third-order valence-corrected chi connectivity index (χ3v) is 2.20. The van der Waals surface area contributed by atoms with Crippen LogP contribution < -0.4 is 21.5 Å². The van der Waals surface area contributed by atoms with E-state index < -0.39 is 11.8 Å². The number of hydrogen-bond acceptors (Lipinski definition) is 4. The van der Waals surface area contributed by atoms with Crippen LogP contribution in [0.15, 0.2) is 24.3 Å². The summed E-state index contributed by atoms with van der Waals surface area (Å²) in [5.41, 5.74) is 11.0. The molecule has 6 nitrogen and oxygen atoms in total. The van der Waals surface area contributed by atoms with Crippen molar-refractivity contribution in [3.63, 3.8) is 0 Å². The number of hydrogen-bond donors (Lipinski definition) is 3. The molecule has 1 aromatic rings. The number of nitrogens with two attached hydrogens (primary N) is 2. The van der Waals surface area contributed by atoms with Crippen LogP contribution in [0.5, 0.6) is 5.75 Å². The average molecular weight is 267 g/mol. The molecule has 96 valence electrons. The molecule has 18 heavy (non-hydrogen) atoms. The van der Waals surface area contributed by atoms with E-state index in [9.17, 15) is 9.59 Å². The molecule has 5 N–H and O–H groups in total. The van der Waals surface area contributed by atoms with Crippen molar-refractivity contribution in [1.29, 1.82) is 0 Å². The summed E-state index contributed by atoms with van der Waals surface area (Å²) in [4.78, 5) is 21.9. The molecule has 0 atom stereocenters. The number of ether oxygens (including phenoxy) is 1. The minimum Gasteiger partial charge on any atom is -0.484 e. The van der Waals surface area contributed by atoms with Crippen LogP contribution in [0.4, 0.5) is 0 Å². The minimum atomic E-state index is -0.607. The molecular formula is C11H13N3O3S. The van der Waals surface area contributed by atoms with E-state index in [4.69, 9.17) is 28.4 Å². The molecule has 0 heterocycles. The molecule has 0 saturated carbocycles. The van der Waals surface area contributed by atoms with Crippen molar-refractivity contribution < 1.29 is 14.3 Å². The van der Waals surface area contributed by atoms with Crippen LogP contribution in [0.25, 0.3) is 0 Å². The summed E-state index contributed by atoms with van der Waals surface area (Å²) < 4.78 is 5.19. The maximum atomic E-state index is 11.2. The molecule has 0 aliphatic heterocycles. The van der Waals surface area contributed by atoms with Gasteiger partial charge in [0, 0.05) is 5.56 Å². The Kier molecular flexibility index (Phi) is 5.06. The first-order valence-electron chi connectivity index (χ1n) is 5.06. The maximum Gasteiger partial charge on any atom is 0.258 e. The minimum absolute atomic E-state index is 0.195. The predicted octanol–water partition coefficient (Wildman–Crippen LogP) is -0.699. The van der Waals surface area contributed by atoms with Crippen molar-refractivity contribution in [3.05, 3.63) is 29.8 Å². The van der Waals surface area contributed by atoms with Crippen molar-refractivity contribution in [2.24, 2.45) is 11.5 Å². The van der Waals surface area contributed by atoms with Gasteiger partial charge in [-0.15, -0.1) is 0 Å². The SMILES string of the molecule is NC(=O)CNC(=O)COc1ccc(C(N)=S)cc1. The Balaban J connectivity index is 2.41. The molecule has 0 aliphatic rings. The summed E-state index contributed by atoms with van der Waals surface area (Å²) >= 11 is 4.80. The van der Waals surface area contributed by atoms with Crippen molar-refractivity contribution >= 4 is 29.0 Å². The Hall–Kier alpha value is -2.15. The first kappa shape index (κ1) is 13.9. The summed E-state index contributed by atoms with van der Waals surface area (Å²) in [5.74, 6) is -0.527. The van der Waals surface area contributed by atoms with Crippen LogP contribution in [0.3, 0.4) is 0 Å². The summed E-state index contributed by atoms with van der Waals surface area (Å²) in [7, 11) is 0. The van der Waals surface area contributed by atoms with Gasteiger partial charge in [-0.2, -0.15) is 0 Å². The van der Waals surface area contributed by atoms with Gasteiger partial charge in [0.25, 0.3) is 5.91 Å². The highest BCUT2D eigenvalue weighted by molar-refractivity contribution is 7.80. The second kappa shape index (κ2) is 6.55. The second-order valence-electron chi connectivity index (χ2n) is 3.42. The smallest absolute Gasteiger partial charge is 0.258 e. The Labute approximate surface area is 109 Å². The van der Waals surface area contributed by atoms with E-state index in [0.717, 1.165) is 5.56 Å². The number of amides is 2. The monoisotopic (exact) mass is 267 g/mol. The van der Waals surface area contributed by atoms with Crippen molar-refractivity contribution in [3.8, 4) is 5.75 Å². The lowest BCUT2D eigenvalue weighted by Gasteiger charge is -2.06. The predicted molar refractivity (Wildman–Crippen MR) is 70.0 cm³/mol. The Bertz CT molecular complexity index is 459. The van der Waals surface area contributed by atoms with E-state index in [0.29, 0.717) is 10.7 Å². The van der Waals surface area contributed by atoms with Gasteiger partial charge in [-0.1, -0.05) is 12.2 Å². The van der Waals surface area contributed by atoms with Gasteiger partial charge in [0.05, 0.1) is 6.54 Å². The number of benzene rings is 1. The van der Waals surface area contributed by atoms with E-state index in [1.165, 1.54) is 0 Å². The zero-order valence-corrected chi connectivity index (χ0v) is 10.3. The molecule has 1 aromatic carbocycles. The lowest BCUT2D eigenvalue weighted by atomic mass is 10.2. The molecule has 0 aliphatic carbocycles. The van der Waals surface area contributed by atoms with Gasteiger partial charge in [0.2, 0.25) is 5.91 Å². The van der Waals surface area contributed by atoms with Crippen LogP contribution >= 0.6 is 12.2 Å². The highest BCUT2D eigenvalue weighted by Crippen LogP contribution is 2.11. The summed E-state index contributed by atoms with van der Waals surface area (Å²) in [5, 5.41) is 2.30. The normalized spacial score (nSPS) is 9.56. The fourth-order valence-corrected chi connectivity index (χ4v) is 1.24. The standard InChI is InChI=1S/C11H13N3O3S/c12-9(15)5-14-10(16)6-17-8-3-1-7(2-4-8)11(13)18/h1-4H,5-6H2,(H2,12,15)(H2,13,18)(H,14,16). The van der Waals surface area contributed by atoms with Crippen molar-refractivity contribution in [1.82, 2.24) is 5.32 Å². The van der Waals surface area contributed by atoms with Crippen molar-refractivity contribution in [2.45, 2.75) is 0 Å². The molecule has 0 saturated heterocycles. The van der Waals surface area contributed by atoms with Gasteiger partial charge >= 0.3 is 0 Å². The van der Waals surface area contributed by atoms with Gasteiger partial charge in [-0.05, 0) is 24.3 Å². The van der Waals surface area contributed by atoms with Crippen molar-refractivity contribution in [2.75, 3.05) is 13.2 Å². The molecule has 0 unspecified atom stereocenters. The van der Waals surface area contributed by atoms with Crippen LogP contribution in [0.2, 0.25) is 0 Å². The molecule has 1 rings (SSSR count). The van der Waals surface area contributed by atoms with Gasteiger partial charge in [-0.3, -0.25) is 9.59 Å². The molecule has 2 amide bonds. The van der Waals surface area contributed by atoms with E-state index in [2.05, 4.69) is 5.32 Å². The first-order valence-corrected chi connectivity index (χ1v) is 5.47. The molecule has 0 radical (unpaired) electrons. The number of carbonyl (C=O) groups is 2. The van der Waals surface area contributed by atoms with E-state index in [1.807, 2.05) is 0 Å². The Morgan fingerprint density at radius 3 is 2.33 bits per heavy atom. The lowest BCUT2D eigenvalue weighted by Crippen LogP contribution is -2.36. The zero-order valence-electron chi connectivity index (χ0n) is 9.51. The maximum absolute atomic E-state index is 11.2. The topological polar surface area (TPSA) is 107 Å².